The predicted molar refractivity (Wildman–Crippen MR) is 142 cm³/mol. The van der Waals surface area contributed by atoms with Crippen LogP contribution in [0.15, 0.2) is 70.0 Å². The molecule has 0 saturated carbocycles. The van der Waals surface area contributed by atoms with E-state index >= 15 is 0 Å². The molecule has 3 aromatic rings. The zero-order valence-electron chi connectivity index (χ0n) is 19.4. The Balaban J connectivity index is 1.45. The molecule has 0 aliphatic carbocycles. The highest BCUT2D eigenvalue weighted by molar-refractivity contribution is 9.10. The van der Waals surface area contributed by atoms with Crippen molar-refractivity contribution in [2.45, 2.75) is 6.18 Å². The normalized spacial score (nSPS) is 14.7. The maximum Gasteiger partial charge on any atom is 0.416 e. The second-order valence-electron chi connectivity index (χ2n) is 7.87. The van der Waals surface area contributed by atoms with Crippen LogP contribution in [0.4, 0.5) is 23.7 Å². The third-order valence-corrected chi connectivity index (χ3v) is 7.01. The lowest BCUT2D eigenvalue weighted by atomic mass is 10.1. The second kappa shape index (κ2) is 11.7. The zero-order chi connectivity index (χ0) is 28.3. The number of rotatable bonds is 8. The van der Waals surface area contributed by atoms with E-state index in [9.17, 15) is 32.9 Å². The van der Waals surface area contributed by atoms with E-state index in [1.807, 2.05) is 0 Å². The van der Waals surface area contributed by atoms with E-state index in [4.69, 9.17) is 21.1 Å². The quantitative estimate of drug-likeness (QED) is 0.140. The molecule has 3 aromatic carbocycles. The summed E-state index contributed by atoms with van der Waals surface area (Å²) in [7, 11) is 0. The Hall–Kier alpha value is -3.55. The first-order valence-corrected chi connectivity index (χ1v) is 12.9. The number of benzene rings is 3. The van der Waals surface area contributed by atoms with Crippen molar-refractivity contribution in [3.05, 3.63) is 96.3 Å². The summed E-state index contributed by atoms with van der Waals surface area (Å²) >= 11 is 9.85. The molecule has 0 aromatic heterocycles. The summed E-state index contributed by atoms with van der Waals surface area (Å²) in [4.78, 5) is 36.7. The summed E-state index contributed by atoms with van der Waals surface area (Å²) in [6, 6.07) is 13.0. The molecule has 8 nitrogen and oxygen atoms in total. The number of hydrogen-bond donors (Lipinski definition) is 0. The Kier molecular flexibility index (Phi) is 8.52. The van der Waals surface area contributed by atoms with Crippen LogP contribution in [0.2, 0.25) is 5.02 Å². The number of nitro benzene ring substituents is 1. The van der Waals surface area contributed by atoms with Crippen LogP contribution in [0.25, 0.3) is 6.08 Å². The molecule has 0 radical (unpaired) electrons. The van der Waals surface area contributed by atoms with Crippen molar-refractivity contribution in [2.75, 3.05) is 13.2 Å². The zero-order valence-corrected chi connectivity index (χ0v) is 22.6. The van der Waals surface area contributed by atoms with Gasteiger partial charge in [-0.25, -0.2) is 0 Å². The average molecular weight is 644 g/mol. The second-order valence-corrected chi connectivity index (χ2v) is 10.1. The average Bonchev–Trinajstić information content (AvgIpc) is 3.13. The minimum atomic E-state index is -4.75. The van der Waals surface area contributed by atoms with Crippen molar-refractivity contribution < 1.29 is 37.2 Å². The number of alkyl halides is 3. The van der Waals surface area contributed by atoms with Crippen LogP contribution < -0.4 is 9.47 Å². The Morgan fingerprint density at radius 2 is 1.74 bits per heavy atom. The van der Waals surface area contributed by atoms with Gasteiger partial charge in [-0.1, -0.05) is 17.7 Å². The summed E-state index contributed by atoms with van der Waals surface area (Å²) in [5, 5.41) is 11.4. The standard InChI is InChI=1S/C25H15BrClF3N2O6S/c26-18-11-14(1-7-20(18)38-21-8-2-15(25(28,29)30)13-19(21)32(35)36)12-22-23(33)31(24(34)39-22)9-10-37-17-5-3-16(27)4-6-17/h1-8,11-13H,9-10H2/b22-12-. The highest BCUT2D eigenvalue weighted by atomic mass is 79.9. The Morgan fingerprint density at radius 3 is 2.38 bits per heavy atom. The van der Waals surface area contributed by atoms with E-state index in [0.29, 0.717) is 32.9 Å². The Labute approximate surface area is 236 Å². The molecule has 1 aliphatic heterocycles. The summed E-state index contributed by atoms with van der Waals surface area (Å²) in [6.07, 6.45) is -3.27. The van der Waals surface area contributed by atoms with Gasteiger partial charge in [0, 0.05) is 11.1 Å². The third-order valence-electron chi connectivity index (χ3n) is 5.23. The van der Waals surface area contributed by atoms with E-state index in [1.54, 1.807) is 24.3 Å². The first kappa shape index (κ1) is 28.5. The summed E-state index contributed by atoms with van der Waals surface area (Å²) in [5.41, 5.74) is -1.53. The van der Waals surface area contributed by atoms with Gasteiger partial charge in [0.15, 0.2) is 0 Å². The topological polar surface area (TPSA) is 99.0 Å². The fraction of sp³-hybridized carbons (Fsp3) is 0.120. The van der Waals surface area contributed by atoms with Gasteiger partial charge in [0.2, 0.25) is 5.75 Å². The molecule has 1 fully saturated rings. The lowest BCUT2D eigenvalue weighted by Gasteiger charge is -2.13. The van der Waals surface area contributed by atoms with Gasteiger partial charge in [0.25, 0.3) is 11.1 Å². The molecule has 0 atom stereocenters. The molecule has 39 heavy (non-hydrogen) atoms. The maximum atomic E-state index is 12.9. The van der Waals surface area contributed by atoms with Crippen molar-refractivity contribution in [1.29, 1.82) is 0 Å². The van der Waals surface area contributed by atoms with Crippen LogP contribution in [0.1, 0.15) is 11.1 Å². The molecule has 2 amide bonds. The van der Waals surface area contributed by atoms with Gasteiger partial charge < -0.3 is 9.47 Å². The number of imide groups is 1. The van der Waals surface area contributed by atoms with Gasteiger partial charge in [0.1, 0.15) is 18.1 Å². The van der Waals surface area contributed by atoms with Crippen molar-refractivity contribution in [2.24, 2.45) is 0 Å². The highest BCUT2D eigenvalue weighted by Gasteiger charge is 2.35. The molecule has 202 valence electrons. The molecule has 0 bridgehead atoms. The van der Waals surface area contributed by atoms with E-state index in [0.717, 1.165) is 22.7 Å². The number of ether oxygens (including phenoxy) is 2. The first-order valence-electron chi connectivity index (χ1n) is 10.9. The molecule has 1 heterocycles. The maximum absolute atomic E-state index is 12.9. The van der Waals surface area contributed by atoms with Gasteiger partial charge in [-0.3, -0.25) is 24.6 Å². The van der Waals surface area contributed by atoms with Gasteiger partial charge in [0.05, 0.1) is 26.4 Å². The Morgan fingerprint density at radius 1 is 1.05 bits per heavy atom. The molecule has 1 saturated heterocycles. The van der Waals surface area contributed by atoms with Crippen molar-refractivity contribution in [3.63, 3.8) is 0 Å². The van der Waals surface area contributed by atoms with Crippen LogP contribution in [0, 0.1) is 10.1 Å². The number of halogens is 5. The van der Waals surface area contributed by atoms with Crippen LogP contribution in [0.3, 0.4) is 0 Å². The van der Waals surface area contributed by atoms with E-state index in [1.165, 1.54) is 24.3 Å². The fourth-order valence-electron chi connectivity index (χ4n) is 3.36. The molecular formula is C25H15BrClF3N2O6S. The molecule has 0 N–H and O–H groups in total. The smallest absolute Gasteiger partial charge is 0.416 e. The lowest BCUT2D eigenvalue weighted by molar-refractivity contribution is -0.385. The minimum absolute atomic E-state index is 0.0347. The highest BCUT2D eigenvalue weighted by Crippen LogP contribution is 2.40. The van der Waals surface area contributed by atoms with Crippen LogP contribution in [-0.2, 0) is 11.0 Å². The minimum Gasteiger partial charge on any atom is -0.492 e. The Bertz CT molecular complexity index is 1480. The molecule has 1 aliphatic rings. The monoisotopic (exact) mass is 642 g/mol. The number of amides is 2. The van der Waals surface area contributed by atoms with E-state index < -0.39 is 33.5 Å². The van der Waals surface area contributed by atoms with Crippen LogP contribution in [0.5, 0.6) is 17.2 Å². The number of thioether (sulfide) groups is 1. The molecule has 0 unspecified atom stereocenters. The van der Waals surface area contributed by atoms with Crippen LogP contribution >= 0.6 is 39.3 Å². The SMILES string of the molecule is O=C1S/C(=C\c2ccc(Oc3ccc(C(F)(F)F)cc3[N+](=O)[O-])c(Br)c2)C(=O)N1CCOc1ccc(Cl)cc1. The number of carbonyl (C=O) groups excluding carboxylic acids is 2. The summed E-state index contributed by atoms with van der Waals surface area (Å²) < 4.78 is 50.2. The number of carbonyl (C=O) groups is 2. The third kappa shape index (κ3) is 6.91. The number of nitrogens with zero attached hydrogens (tertiary/aromatic N) is 2. The van der Waals surface area contributed by atoms with Gasteiger partial charge in [-0.15, -0.1) is 0 Å². The van der Waals surface area contributed by atoms with Gasteiger partial charge >= 0.3 is 11.9 Å². The largest absolute Gasteiger partial charge is 0.492 e. The fourth-order valence-corrected chi connectivity index (χ4v) is 4.83. The van der Waals surface area contributed by atoms with Crippen molar-refractivity contribution in [3.8, 4) is 17.2 Å². The molecular weight excluding hydrogens is 629 g/mol. The predicted octanol–water partition coefficient (Wildman–Crippen LogP) is 7.94. The number of hydrogen-bond acceptors (Lipinski definition) is 7. The van der Waals surface area contributed by atoms with Crippen molar-refractivity contribution in [1.82, 2.24) is 4.90 Å². The van der Waals surface area contributed by atoms with Crippen LogP contribution in [-0.4, -0.2) is 34.1 Å². The van der Waals surface area contributed by atoms with E-state index in [2.05, 4.69) is 15.9 Å². The molecule has 0 spiro atoms. The molecule has 4 rings (SSSR count). The van der Waals surface area contributed by atoms with Gasteiger partial charge in [-0.05, 0) is 87.9 Å². The first-order chi connectivity index (χ1) is 18.4. The summed E-state index contributed by atoms with van der Waals surface area (Å²) in [6.45, 7) is 0.119. The van der Waals surface area contributed by atoms with Gasteiger partial charge in [-0.2, -0.15) is 13.2 Å². The molecule has 14 heteroatoms. The lowest BCUT2D eigenvalue weighted by Crippen LogP contribution is -2.32. The summed E-state index contributed by atoms with van der Waals surface area (Å²) in [5.74, 6) is -0.261. The van der Waals surface area contributed by atoms with E-state index in [-0.39, 0.29) is 29.6 Å². The number of nitro groups is 1. The van der Waals surface area contributed by atoms with Crippen molar-refractivity contribution >= 4 is 62.2 Å².